The number of pyridine rings is 1. The van der Waals surface area contributed by atoms with E-state index in [1.54, 1.807) is 19.4 Å². The third-order valence-corrected chi connectivity index (χ3v) is 5.24. The molecule has 0 aromatic carbocycles. The summed E-state index contributed by atoms with van der Waals surface area (Å²) in [6, 6.07) is 5.48. The van der Waals surface area contributed by atoms with E-state index >= 15 is 0 Å². The van der Waals surface area contributed by atoms with Gasteiger partial charge in [-0.2, -0.15) is 0 Å². The summed E-state index contributed by atoms with van der Waals surface area (Å²) in [5.74, 6) is 0.538. The second-order valence-corrected chi connectivity index (χ2v) is 7.36. The average molecular weight is 347 g/mol. The Morgan fingerprint density at radius 3 is 3.16 bits per heavy atom. The zero-order valence-electron chi connectivity index (χ0n) is 15.3. The van der Waals surface area contributed by atoms with Crippen molar-refractivity contribution in [2.75, 3.05) is 53.6 Å². The lowest BCUT2D eigenvalue weighted by atomic mass is 9.86. The molecule has 25 heavy (non-hydrogen) atoms. The normalized spacial score (nSPS) is 26.5. The van der Waals surface area contributed by atoms with Crippen LogP contribution in [-0.2, 0) is 9.47 Å². The number of likely N-dealkylation sites (tertiary alicyclic amines) is 1. The minimum Gasteiger partial charge on any atom is -0.383 e. The third kappa shape index (κ3) is 4.57. The summed E-state index contributed by atoms with van der Waals surface area (Å²) in [7, 11) is 3.86. The van der Waals surface area contributed by atoms with Crippen LogP contribution in [0.3, 0.4) is 0 Å². The van der Waals surface area contributed by atoms with E-state index < -0.39 is 0 Å². The summed E-state index contributed by atoms with van der Waals surface area (Å²) in [4.78, 5) is 21.1. The minimum absolute atomic E-state index is 0.0175. The molecule has 0 radical (unpaired) electrons. The highest BCUT2D eigenvalue weighted by Gasteiger charge is 2.44. The van der Waals surface area contributed by atoms with Crippen LogP contribution in [0.5, 0.6) is 0 Å². The first-order chi connectivity index (χ1) is 12.1. The zero-order chi connectivity index (χ0) is 17.7. The highest BCUT2D eigenvalue weighted by molar-refractivity contribution is 5.92. The maximum atomic E-state index is 12.7. The highest BCUT2D eigenvalue weighted by atomic mass is 16.5. The van der Waals surface area contributed by atoms with E-state index in [4.69, 9.17) is 9.47 Å². The van der Waals surface area contributed by atoms with Gasteiger partial charge in [0.05, 0.1) is 25.4 Å². The van der Waals surface area contributed by atoms with E-state index in [-0.39, 0.29) is 11.5 Å². The predicted molar refractivity (Wildman–Crippen MR) is 95.5 cm³/mol. The fraction of sp³-hybridized carbons (Fsp3) is 0.684. The van der Waals surface area contributed by atoms with E-state index in [2.05, 4.69) is 16.9 Å². The van der Waals surface area contributed by atoms with Crippen LogP contribution in [0.4, 0.5) is 0 Å². The van der Waals surface area contributed by atoms with E-state index in [0.717, 1.165) is 52.1 Å². The standard InChI is InChI=1S/C19H29N3O3/c1-21(10-11-24-2)13-16-12-19(25-14-16)7-5-9-22(15-19)18(23)17-6-3-4-8-20-17/h3-4,6,8,16H,5,7,9-15H2,1-2H3/t16-,19+/m1/s1. The lowest BCUT2D eigenvalue weighted by Gasteiger charge is -2.39. The number of carbonyl (C=O) groups is 1. The molecular formula is C19H29N3O3. The molecule has 0 aliphatic carbocycles. The molecule has 2 saturated heterocycles. The molecular weight excluding hydrogens is 318 g/mol. The molecule has 2 aliphatic heterocycles. The number of likely N-dealkylation sites (N-methyl/N-ethyl adjacent to an activating group) is 1. The Kier molecular flexibility index (Phi) is 6.04. The van der Waals surface area contributed by atoms with Gasteiger partial charge in [-0.25, -0.2) is 0 Å². The number of hydrogen-bond acceptors (Lipinski definition) is 5. The summed E-state index contributed by atoms with van der Waals surface area (Å²) >= 11 is 0. The molecule has 1 amide bonds. The molecule has 0 saturated carbocycles. The van der Waals surface area contributed by atoms with Crippen LogP contribution in [0, 0.1) is 5.92 Å². The summed E-state index contributed by atoms with van der Waals surface area (Å²) < 4.78 is 11.4. The smallest absolute Gasteiger partial charge is 0.272 e. The Morgan fingerprint density at radius 2 is 2.40 bits per heavy atom. The van der Waals surface area contributed by atoms with Crippen LogP contribution in [0.1, 0.15) is 29.8 Å². The zero-order valence-corrected chi connectivity index (χ0v) is 15.3. The number of piperidine rings is 1. The molecule has 138 valence electrons. The number of carbonyl (C=O) groups excluding carboxylic acids is 1. The van der Waals surface area contributed by atoms with Gasteiger partial charge in [0.1, 0.15) is 5.69 Å². The van der Waals surface area contributed by atoms with E-state index in [9.17, 15) is 4.79 Å². The molecule has 1 spiro atoms. The summed E-state index contributed by atoms with van der Waals surface area (Å²) in [6.07, 6.45) is 4.73. The van der Waals surface area contributed by atoms with Crippen molar-refractivity contribution in [3.8, 4) is 0 Å². The highest BCUT2D eigenvalue weighted by Crippen LogP contribution is 2.38. The van der Waals surface area contributed by atoms with Crippen molar-refractivity contribution in [1.82, 2.24) is 14.8 Å². The second-order valence-electron chi connectivity index (χ2n) is 7.36. The summed E-state index contributed by atoms with van der Waals surface area (Å²) in [6.45, 7) is 4.95. The first kappa shape index (κ1) is 18.3. The molecule has 0 bridgehead atoms. The fourth-order valence-electron chi connectivity index (χ4n) is 4.04. The minimum atomic E-state index is -0.171. The van der Waals surface area contributed by atoms with Crippen molar-refractivity contribution >= 4 is 5.91 Å². The van der Waals surface area contributed by atoms with E-state index in [1.165, 1.54) is 0 Å². The van der Waals surface area contributed by atoms with Crippen molar-refractivity contribution in [2.45, 2.75) is 24.9 Å². The van der Waals surface area contributed by atoms with Crippen molar-refractivity contribution in [3.63, 3.8) is 0 Å². The largest absolute Gasteiger partial charge is 0.383 e. The van der Waals surface area contributed by atoms with Crippen LogP contribution in [0.2, 0.25) is 0 Å². The Labute approximate surface area is 150 Å². The van der Waals surface area contributed by atoms with Gasteiger partial charge in [-0.15, -0.1) is 0 Å². The van der Waals surface area contributed by atoms with Crippen LogP contribution in [0.25, 0.3) is 0 Å². The average Bonchev–Trinajstić information content (AvgIpc) is 3.01. The SMILES string of the molecule is COCCN(C)C[C@@H]1CO[C@@]2(CCCN(C(=O)c3ccccn3)C2)C1. The molecule has 3 rings (SSSR count). The summed E-state index contributed by atoms with van der Waals surface area (Å²) in [5, 5.41) is 0. The van der Waals surface area contributed by atoms with Crippen molar-refractivity contribution in [2.24, 2.45) is 5.92 Å². The first-order valence-corrected chi connectivity index (χ1v) is 9.14. The molecule has 2 fully saturated rings. The maximum Gasteiger partial charge on any atom is 0.272 e. The number of aromatic nitrogens is 1. The van der Waals surface area contributed by atoms with Crippen molar-refractivity contribution in [1.29, 1.82) is 0 Å². The van der Waals surface area contributed by atoms with Gasteiger partial charge in [-0.3, -0.25) is 9.78 Å². The maximum absolute atomic E-state index is 12.7. The van der Waals surface area contributed by atoms with Gasteiger partial charge in [0.15, 0.2) is 0 Å². The van der Waals surface area contributed by atoms with Gasteiger partial charge in [-0.1, -0.05) is 6.07 Å². The lowest BCUT2D eigenvalue weighted by Crippen LogP contribution is -2.50. The van der Waals surface area contributed by atoms with Crippen molar-refractivity contribution in [3.05, 3.63) is 30.1 Å². The number of hydrogen-bond donors (Lipinski definition) is 0. The van der Waals surface area contributed by atoms with Crippen molar-refractivity contribution < 1.29 is 14.3 Å². The predicted octanol–water partition coefficient (Wildman–Crippen LogP) is 1.67. The van der Waals surface area contributed by atoms with Gasteiger partial charge < -0.3 is 19.3 Å². The molecule has 1 aromatic rings. The number of methoxy groups -OCH3 is 1. The van der Waals surface area contributed by atoms with Gasteiger partial charge in [0, 0.05) is 32.9 Å². The number of rotatable bonds is 6. The molecule has 6 heteroatoms. The van der Waals surface area contributed by atoms with Gasteiger partial charge >= 0.3 is 0 Å². The lowest BCUT2D eigenvalue weighted by molar-refractivity contribution is -0.0451. The molecule has 2 atom stereocenters. The van der Waals surface area contributed by atoms with Gasteiger partial charge in [-0.05, 0) is 44.4 Å². The van der Waals surface area contributed by atoms with Crippen LogP contribution < -0.4 is 0 Å². The van der Waals surface area contributed by atoms with Crippen LogP contribution in [0.15, 0.2) is 24.4 Å². The van der Waals surface area contributed by atoms with E-state index in [1.807, 2.05) is 17.0 Å². The Morgan fingerprint density at radius 1 is 1.52 bits per heavy atom. The Bertz CT molecular complexity index is 568. The molecule has 2 aliphatic rings. The monoisotopic (exact) mass is 347 g/mol. The second kappa shape index (κ2) is 8.25. The van der Waals surface area contributed by atoms with Crippen LogP contribution in [-0.4, -0.2) is 79.8 Å². The molecule has 0 N–H and O–H groups in total. The quantitative estimate of drug-likeness (QED) is 0.784. The molecule has 3 heterocycles. The number of amides is 1. The third-order valence-electron chi connectivity index (χ3n) is 5.24. The van der Waals surface area contributed by atoms with Crippen LogP contribution >= 0.6 is 0 Å². The number of nitrogens with zero attached hydrogens (tertiary/aromatic N) is 3. The number of ether oxygens (including phenoxy) is 2. The molecule has 0 unspecified atom stereocenters. The topological polar surface area (TPSA) is 54.9 Å². The van der Waals surface area contributed by atoms with Gasteiger partial charge in [0.2, 0.25) is 0 Å². The molecule has 1 aromatic heterocycles. The fourth-order valence-corrected chi connectivity index (χ4v) is 4.04. The van der Waals surface area contributed by atoms with Gasteiger partial charge in [0.25, 0.3) is 5.91 Å². The Hall–Kier alpha value is -1.50. The van der Waals surface area contributed by atoms with E-state index in [0.29, 0.717) is 18.2 Å². The summed E-state index contributed by atoms with van der Waals surface area (Å²) in [5.41, 5.74) is 0.350. The Balaban J connectivity index is 1.57. The molecule has 6 nitrogen and oxygen atoms in total. The first-order valence-electron chi connectivity index (χ1n) is 9.14.